The summed E-state index contributed by atoms with van der Waals surface area (Å²) in [5, 5.41) is 0. The second-order valence-corrected chi connectivity index (χ2v) is 5.41. The minimum absolute atomic E-state index is 0.198. The van der Waals surface area contributed by atoms with Gasteiger partial charge in [0, 0.05) is 12.0 Å². The molecular weight excluding hydrogens is 188 g/mol. The number of allylic oxidation sites excluding steroid dienone is 3. The Labute approximate surface area is 91.0 Å². The van der Waals surface area contributed by atoms with Gasteiger partial charge in [-0.2, -0.15) is 0 Å². The molecule has 2 nitrogen and oxygen atoms in total. The fraction of sp³-hybridized carbons (Fsp3) is 0.615. The van der Waals surface area contributed by atoms with Gasteiger partial charge in [0.1, 0.15) is 5.60 Å². The molecule has 0 spiro atoms. The Hall–Kier alpha value is -1.05. The van der Waals surface area contributed by atoms with E-state index in [1.165, 1.54) is 12.0 Å². The molecule has 0 aromatic heterocycles. The SMILES string of the molecule is CC(C)(C)OC(=O)/C=C1/CC2CC=CC12. The van der Waals surface area contributed by atoms with Crippen LogP contribution in [0, 0.1) is 11.8 Å². The largest absolute Gasteiger partial charge is 0.457 e. The molecule has 2 unspecified atom stereocenters. The van der Waals surface area contributed by atoms with Crippen molar-refractivity contribution in [1.29, 1.82) is 0 Å². The maximum Gasteiger partial charge on any atom is 0.331 e. The molecule has 0 radical (unpaired) electrons. The highest BCUT2D eigenvalue weighted by Gasteiger charge is 2.36. The molecular formula is C13H18O2. The van der Waals surface area contributed by atoms with Gasteiger partial charge in [0.25, 0.3) is 0 Å². The van der Waals surface area contributed by atoms with Crippen LogP contribution in [0.25, 0.3) is 0 Å². The average Bonchev–Trinajstić information content (AvgIpc) is 2.39. The molecule has 2 heteroatoms. The maximum atomic E-state index is 11.5. The number of hydrogen-bond acceptors (Lipinski definition) is 2. The molecule has 2 aliphatic carbocycles. The van der Waals surface area contributed by atoms with E-state index in [0.717, 1.165) is 12.3 Å². The highest BCUT2D eigenvalue weighted by molar-refractivity contribution is 5.83. The highest BCUT2D eigenvalue weighted by atomic mass is 16.6. The summed E-state index contributed by atoms with van der Waals surface area (Å²) in [5.74, 6) is 1.09. The van der Waals surface area contributed by atoms with Crippen LogP contribution in [-0.4, -0.2) is 11.6 Å². The van der Waals surface area contributed by atoms with E-state index in [1.807, 2.05) is 20.8 Å². The number of rotatable bonds is 1. The van der Waals surface area contributed by atoms with Crippen molar-refractivity contribution >= 4 is 5.97 Å². The molecule has 1 saturated carbocycles. The first kappa shape index (κ1) is 10.5. The van der Waals surface area contributed by atoms with Gasteiger partial charge < -0.3 is 4.74 Å². The predicted molar refractivity (Wildman–Crippen MR) is 59.3 cm³/mol. The Bertz CT molecular complexity index is 331. The van der Waals surface area contributed by atoms with Crippen molar-refractivity contribution in [3.63, 3.8) is 0 Å². The van der Waals surface area contributed by atoms with Crippen molar-refractivity contribution in [1.82, 2.24) is 0 Å². The summed E-state index contributed by atoms with van der Waals surface area (Å²) in [5.41, 5.74) is 0.853. The number of ether oxygens (including phenoxy) is 1. The molecule has 15 heavy (non-hydrogen) atoms. The van der Waals surface area contributed by atoms with Gasteiger partial charge in [-0.3, -0.25) is 0 Å². The van der Waals surface area contributed by atoms with E-state index in [9.17, 15) is 4.79 Å². The summed E-state index contributed by atoms with van der Waals surface area (Å²) in [6.45, 7) is 5.67. The first-order valence-electron chi connectivity index (χ1n) is 5.56. The molecule has 0 bridgehead atoms. The van der Waals surface area contributed by atoms with Crippen LogP contribution >= 0.6 is 0 Å². The van der Waals surface area contributed by atoms with E-state index < -0.39 is 0 Å². The van der Waals surface area contributed by atoms with Crippen molar-refractivity contribution in [2.45, 2.75) is 39.2 Å². The number of carbonyl (C=O) groups is 1. The van der Waals surface area contributed by atoms with Crippen molar-refractivity contribution in [2.75, 3.05) is 0 Å². The van der Waals surface area contributed by atoms with E-state index in [4.69, 9.17) is 4.74 Å². The van der Waals surface area contributed by atoms with Crippen LogP contribution in [0.5, 0.6) is 0 Å². The minimum atomic E-state index is -0.386. The van der Waals surface area contributed by atoms with Crippen molar-refractivity contribution < 1.29 is 9.53 Å². The molecule has 82 valence electrons. The fourth-order valence-electron chi connectivity index (χ4n) is 2.26. The smallest absolute Gasteiger partial charge is 0.331 e. The van der Waals surface area contributed by atoms with Crippen LogP contribution in [0.4, 0.5) is 0 Å². The van der Waals surface area contributed by atoms with Crippen LogP contribution in [0.2, 0.25) is 0 Å². The zero-order valence-electron chi connectivity index (χ0n) is 9.62. The Morgan fingerprint density at radius 2 is 2.27 bits per heavy atom. The van der Waals surface area contributed by atoms with Crippen LogP contribution in [0.3, 0.4) is 0 Å². The van der Waals surface area contributed by atoms with Gasteiger partial charge in [0.15, 0.2) is 0 Å². The first-order chi connectivity index (χ1) is 6.96. The Morgan fingerprint density at radius 1 is 1.53 bits per heavy atom. The van der Waals surface area contributed by atoms with Gasteiger partial charge >= 0.3 is 5.97 Å². The molecule has 0 aromatic rings. The van der Waals surface area contributed by atoms with Gasteiger partial charge in [-0.15, -0.1) is 0 Å². The molecule has 0 amide bonds. The summed E-state index contributed by atoms with van der Waals surface area (Å²) in [6, 6.07) is 0. The van der Waals surface area contributed by atoms with Crippen molar-refractivity contribution in [3.05, 3.63) is 23.8 Å². The average molecular weight is 206 g/mol. The number of esters is 1. The van der Waals surface area contributed by atoms with Gasteiger partial charge in [-0.05, 0) is 39.5 Å². The predicted octanol–water partition coefficient (Wildman–Crippen LogP) is 2.85. The lowest BCUT2D eigenvalue weighted by Crippen LogP contribution is -2.27. The summed E-state index contributed by atoms with van der Waals surface area (Å²) in [6.07, 6.45) is 8.35. The first-order valence-corrected chi connectivity index (χ1v) is 5.56. The van der Waals surface area contributed by atoms with Crippen LogP contribution in [0.1, 0.15) is 33.6 Å². The number of carbonyl (C=O) groups excluding carboxylic acids is 1. The third-order valence-electron chi connectivity index (χ3n) is 2.93. The zero-order chi connectivity index (χ0) is 11.1. The summed E-state index contributed by atoms with van der Waals surface area (Å²) in [7, 11) is 0. The van der Waals surface area contributed by atoms with Gasteiger partial charge in [-0.1, -0.05) is 17.7 Å². The lowest BCUT2D eigenvalue weighted by molar-refractivity contribution is -0.148. The van der Waals surface area contributed by atoms with E-state index in [-0.39, 0.29) is 11.6 Å². The lowest BCUT2D eigenvalue weighted by Gasteiger charge is -2.33. The second kappa shape index (κ2) is 3.51. The Morgan fingerprint density at radius 3 is 2.87 bits per heavy atom. The molecule has 0 aliphatic heterocycles. The molecule has 2 rings (SSSR count). The molecule has 2 aliphatic rings. The monoisotopic (exact) mass is 206 g/mol. The molecule has 0 heterocycles. The van der Waals surface area contributed by atoms with Crippen LogP contribution < -0.4 is 0 Å². The van der Waals surface area contributed by atoms with E-state index in [0.29, 0.717) is 5.92 Å². The third-order valence-corrected chi connectivity index (χ3v) is 2.93. The topological polar surface area (TPSA) is 26.3 Å². The van der Waals surface area contributed by atoms with Gasteiger partial charge in [-0.25, -0.2) is 4.79 Å². The highest BCUT2D eigenvalue weighted by Crippen LogP contribution is 2.46. The molecule has 1 fully saturated rings. The van der Waals surface area contributed by atoms with Crippen molar-refractivity contribution in [3.8, 4) is 0 Å². The van der Waals surface area contributed by atoms with Crippen LogP contribution in [0.15, 0.2) is 23.8 Å². The Kier molecular flexibility index (Phi) is 2.45. The van der Waals surface area contributed by atoms with E-state index in [1.54, 1.807) is 6.08 Å². The zero-order valence-corrected chi connectivity index (χ0v) is 9.62. The minimum Gasteiger partial charge on any atom is -0.457 e. The number of hydrogen-bond donors (Lipinski definition) is 0. The third kappa shape index (κ3) is 2.31. The second-order valence-electron chi connectivity index (χ2n) is 5.41. The van der Waals surface area contributed by atoms with Gasteiger partial charge in [0.05, 0.1) is 0 Å². The van der Waals surface area contributed by atoms with Gasteiger partial charge in [0.2, 0.25) is 0 Å². The van der Waals surface area contributed by atoms with E-state index in [2.05, 4.69) is 12.2 Å². The standard InChI is InChI=1S/C13H18O2/c1-13(2,3)15-12(14)8-10-7-9-5-4-6-11(9)10/h4,6,8-9,11H,5,7H2,1-3H3/b10-8-. The van der Waals surface area contributed by atoms with Crippen molar-refractivity contribution in [2.24, 2.45) is 11.8 Å². The summed E-state index contributed by atoms with van der Waals surface area (Å²) < 4.78 is 5.25. The van der Waals surface area contributed by atoms with Crippen LogP contribution in [-0.2, 0) is 9.53 Å². The lowest BCUT2D eigenvalue weighted by atomic mass is 9.71. The molecule has 0 aromatic carbocycles. The maximum absolute atomic E-state index is 11.5. The quantitative estimate of drug-likeness (QED) is 0.374. The number of fused-ring (bicyclic) bond motifs is 1. The summed E-state index contributed by atoms with van der Waals surface area (Å²) in [4.78, 5) is 11.5. The summed E-state index contributed by atoms with van der Waals surface area (Å²) >= 11 is 0. The molecule has 0 saturated heterocycles. The Balaban J connectivity index is 1.94. The normalized spacial score (nSPS) is 31.3. The van der Waals surface area contributed by atoms with E-state index >= 15 is 0 Å². The fourth-order valence-corrected chi connectivity index (χ4v) is 2.26. The molecule has 2 atom stereocenters. The molecule has 0 N–H and O–H groups in total.